The number of piperazine rings is 1. The summed E-state index contributed by atoms with van der Waals surface area (Å²) in [7, 11) is 0. The van der Waals surface area contributed by atoms with E-state index in [4.69, 9.17) is 0 Å². The molecule has 1 saturated heterocycles. The van der Waals surface area contributed by atoms with Gasteiger partial charge >= 0.3 is 0 Å². The molecule has 4 heteroatoms. The first kappa shape index (κ1) is 12.0. The first-order chi connectivity index (χ1) is 8.46. The minimum Gasteiger partial charge on any atom is -0.340 e. The van der Waals surface area contributed by atoms with Crippen molar-refractivity contribution in [2.45, 2.75) is 63.5 Å². The summed E-state index contributed by atoms with van der Waals surface area (Å²) in [5.74, 6) is 0.804. The summed E-state index contributed by atoms with van der Waals surface area (Å²) in [4.78, 5) is 27.0. The van der Waals surface area contributed by atoms with Crippen LogP contribution in [0.25, 0.3) is 0 Å². The molecule has 3 fully saturated rings. The fourth-order valence-electron chi connectivity index (χ4n) is 3.25. The molecule has 4 nitrogen and oxygen atoms in total. The lowest BCUT2D eigenvalue weighted by Crippen LogP contribution is -2.73. The summed E-state index contributed by atoms with van der Waals surface area (Å²) < 4.78 is 0. The van der Waals surface area contributed by atoms with Crippen LogP contribution in [0.1, 0.15) is 52.4 Å². The predicted molar refractivity (Wildman–Crippen MR) is 67.9 cm³/mol. The van der Waals surface area contributed by atoms with E-state index in [2.05, 4.69) is 5.32 Å². The lowest BCUT2D eigenvalue weighted by molar-refractivity contribution is -0.161. The zero-order valence-electron chi connectivity index (χ0n) is 11.3. The van der Waals surface area contributed by atoms with Gasteiger partial charge in [-0.2, -0.15) is 0 Å². The first-order valence-corrected chi connectivity index (χ1v) is 7.10. The van der Waals surface area contributed by atoms with Gasteiger partial charge in [-0.1, -0.05) is 12.8 Å². The van der Waals surface area contributed by atoms with Gasteiger partial charge in [-0.05, 0) is 45.4 Å². The van der Waals surface area contributed by atoms with Crippen LogP contribution in [-0.2, 0) is 9.59 Å². The van der Waals surface area contributed by atoms with Crippen LogP contribution >= 0.6 is 0 Å². The average Bonchev–Trinajstić information content (AvgIpc) is 3.02. The van der Waals surface area contributed by atoms with Crippen LogP contribution in [-0.4, -0.2) is 34.3 Å². The highest BCUT2D eigenvalue weighted by Gasteiger charge is 2.55. The number of carbonyl (C=O) groups excluding carboxylic acids is 2. The largest absolute Gasteiger partial charge is 0.340 e. The summed E-state index contributed by atoms with van der Waals surface area (Å²) in [5.41, 5.74) is -1.25. The molecule has 2 aliphatic carbocycles. The van der Waals surface area contributed by atoms with E-state index >= 15 is 0 Å². The van der Waals surface area contributed by atoms with Crippen LogP contribution in [0.2, 0.25) is 0 Å². The van der Waals surface area contributed by atoms with Gasteiger partial charge in [-0.15, -0.1) is 0 Å². The smallest absolute Gasteiger partial charge is 0.249 e. The molecule has 1 aliphatic heterocycles. The molecule has 100 valence electrons. The maximum absolute atomic E-state index is 12.8. The fraction of sp³-hybridized carbons (Fsp3) is 0.857. The SMILES string of the molecule is CC1(C)C(=O)NC2(CCCC2)C(=O)N1CC1CC1. The molecule has 2 saturated carbocycles. The third-order valence-corrected chi connectivity index (χ3v) is 4.83. The molecule has 0 bridgehead atoms. The Morgan fingerprint density at radius 2 is 1.83 bits per heavy atom. The molecule has 18 heavy (non-hydrogen) atoms. The van der Waals surface area contributed by atoms with Gasteiger partial charge in [0.25, 0.3) is 0 Å². The van der Waals surface area contributed by atoms with Crippen LogP contribution in [0.3, 0.4) is 0 Å². The van der Waals surface area contributed by atoms with Crippen LogP contribution in [0.4, 0.5) is 0 Å². The van der Waals surface area contributed by atoms with Crippen molar-refractivity contribution in [2.24, 2.45) is 5.92 Å². The van der Waals surface area contributed by atoms with Crippen LogP contribution in [0.5, 0.6) is 0 Å². The van der Waals surface area contributed by atoms with Gasteiger partial charge in [0.1, 0.15) is 11.1 Å². The van der Waals surface area contributed by atoms with Crippen molar-refractivity contribution in [2.75, 3.05) is 6.54 Å². The average molecular weight is 250 g/mol. The molecule has 0 atom stereocenters. The highest BCUT2D eigenvalue weighted by Crippen LogP contribution is 2.40. The molecule has 1 spiro atoms. The Bertz CT molecular complexity index is 393. The Balaban J connectivity index is 1.90. The molecule has 0 aromatic heterocycles. The van der Waals surface area contributed by atoms with Gasteiger partial charge < -0.3 is 10.2 Å². The normalized spacial score (nSPS) is 29.8. The standard InChI is InChI=1S/C14H22N2O2/c1-13(2)11(17)15-14(7-3-4-8-14)12(18)16(13)9-10-5-6-10/h10H,3-9H2,1-2H3,(H,15,17). The number of carbonyl (C=O) groups is 2. The van der Waals surface area contributed by atoms with E-state index in [1.54, 1.807) is 0 Å². The number of nitrogens with one attached hydrogen (secondary N) is 1. The monoisotopic (exact) mass is 250 g/mol. The van der Waals surface area contributed by atoms with E-state index in [1.807, 2.05) is 18.7 Å². The van der Waals surface area contributed by atoms with Gasteiger partial charge in [0.15, 0.2) is 0 Å². The van der Waals surface area contributed by atoms with E-state index < -0.39 is 11.1 Å². The van der Waals surface area contributed by atoms with E-state index in [0.717, 1.165) is 32.2 Å². The maximum atomic E-state index is 12.8. The minimum atomic E-state index is -0.687. The molecule has 2 amide bonds. The second-order valence-electron chi connectivity index (χ2n) is 6.66. The predicted octanol–water partition coefficient (Wildman–Crippen LogP) is 1.45. The Hall–Kier alpha value is -1.06. The summed E-state index contributed by atoms with van der Waals surface area (Å²) >= 11 is 0. The van der Waals surface area contributed by atoms with Crippen LogP contribution < -0.4 is 5.32 Å². The zero-order valence-corrected chi connectivity index (χ0v) is 11.3. The molecule has 3 aliphatic rings. The van der Waals surface area contributed by atoms with Crippen molar-refractivity contribution in [1.29, 1.82) is 0 Å². The highest BCUT2D eigenvalue weighted by molar-refractivity contribution is 6.02. The van der Waals surface area contributed by atoms with Crippen molar-refractivity contribution < 1.29 is 9.59 Å². The van der Waals surface area contributed by atoms with E-state index in [9.17, 15) is 9.59 Å². The van der Waals surface area contributed by atoms with Gasteiger partial charge in [-0.3, -0.25) is 9.59 Å². The second-order valence-corrected chi connectivity index (χ2v) is 6.66. The van der Waals surface area contributed by atoms with Crippen molar-refractivity contribution in [1.82, 2.24) is 10.2 Å². The molecule has 3 rings (SSSR count). The van der Waals surface area contributed by atoms with Gasteiger partial charge in [-0.25, -0.2) is 0 Å². The van der Waals surface area contributed by atoms with Crippen molar-refractivity contribution in [3.63, 3.8) is 0 Å². The number of nitrogens with zero attached hydrogens (tertiary/aromatic N) is 1. The third kappa shape index (κ3) is 1.65. The van der Waals surface area contributed by atoms with Gasteiger partial charge in [0.05, 0.1) is 0 Å². The molecule has 1 N–H and O–H groups in total. The lowest BCUT2D eigenvalue weighted by atomic mass is 9.85. The van der Waals surface area contributed by atoms with Crippen LogP contribution in [0, 0.1) is 5.92 Å². The van der Waals surface area contributed by atoms with E-state index in [-0.39, 0.29) is 11.8 Å². The molecule has 0 aromatic rings. The topological polar surface area (TPSA) is 49.4 Å². The molecule has 1 heterocycles. The Labute approximate surface area is 108 Å². The summed E-state index contributed by atoms with van der Waals surface area (Å²) in [6, 6.07) is 0. The summed E-state index contributed by atoms with van der Waals surface area (Å²) in [5, 5.41) is 3.03. The third-order valence-electron chi connectivity index (χ3n) is 4.83. The van der Waals surface area contributed by atoms with E-state index in [0.29, 0.717) is 5.92 Å². The molecular weight excluding hydrogens is 228 g/mol. The molecule has 0 unspecified atom stereocenters. The Morgan fingerprint density at radius 3 is 2.39 bits per heavy atom. The number of hydrogen-bond donors (Lipinski definition) is 1. The Kier molecular flexibility index (Phi) is 2.48. The van der Waals surface area contributed by atoms with Gasteiger partial charge in [0.2, 0.25) is 11.8 Å². The fourth-order valence-corrected chi connectivity index (χ4v) is 3.25. The first-order valence-electron chi connectivity index (χ1n) is 7.10. The van der Waals surface area contributed by atoms with Crippen molar-refractivity contribution >= 4 is 11.8 Å². The maximum Gasteiger partial charge on any atom is 0.249 e. The van der Waals surface area contributed by atoms with Crippen molar-refractivity contribution in [3.05, 3.63) is 0 Å². The van der Waals surface area contributed by atoms with Gasteiger partial charge in [0, 0.05) is 6.54 Å². The lowest BCUT2D eigenvalue weighted by Gasteiger charge is -2.49. The number of hydrogen-bond acceptors (Lipinski definition) is 2. The molecule has 0 radical (unpaired) electrons. The molecule has 0 aromatic carbocycles. The quantitative estimate of drug-likeness (QED) is 0.806. The number of amides is 2. The van der Waals surface area contributed by atoms with E-state index in [1.165, 1.54) is 12.8 Å². The molecular formula is C14H22N2O2. The summed E-state index contributed by atoms with van der Waals surface area (Å²) in [6.07, 6.45) is 6.13. The summed E-state index contributed by atoms with van der Waals surface area (Å²) in [6.45, 7) is 4.50. The highest BCUT2D eigenvalue weighted by atomic mass is 16.2. The number of rotatable bonds is 2. The minimum absolute atomic E-state index is 0.0182. The van der Waals surface area contributed by atoms with Crippen LogP contribution in [0.15, 0.2) is 0 Å². The van der Waals surface area contributed by atoms with Crippen molar-refractivity contribution in [3.8, 4) is 0 Å². The second kappa shape index (κ2) is 3.72. The Morgan fingerprint density at radius 1 is 1.22 bits per heavy atom. The zero-order chi connectivity index (χ0) is 13.0.